The van der Waals surface area contributed by atoms with E-state index in [9.17, 15) is 9.59 Å². The smallest absolute Gasteiger partial charge is 0.257 e. The maximum absolute atomic E-state index is 13.6. The molecule has 0 radical (unpaired) electrons. The number of piperidine rings is 1. The Bertz CT molecular complexity index is 1080. The summed E-state index contributed by atoms with van der Waals surface area (Å²) >= 11 is 6.07. The number of halogens is 1. The lowest BCUT2D eigenvalue weighted by Crippen LogP contribution is -2.45. The van der Waals surface area contributed by atoms with Crippen LogP contribution in [0.1, 0.15) is 36.5 Å². The number of hydrogen-bond acceptors (Lipinski definition) is 3. The number of carbonyl (C=O) groups excluding carboxylic acids is 2. The van der Waals surface area contributed by atoms with Gasteiger partial charge in [-0.3, -0.25) is 9.59 Å². The minimum absolute atomic E-state index is 0.0299. The number of aromatic nitrogens is 2. The van der Waals surface area contributed by atoms with Gasteiger partial charge < -0.3 is 10.2 Å². The highest BCUT2D eigenvalue weighted by atomic mass is 35.5. The van der Waals surface area contributed by atoms with Crippen molar-refractivity contribution >= 4 is 23.4 Å². The van der Waals surface area contributed by atoms with Crippen LogP contribution in [0.3, 0.4) is 0 Å². The van der Waals surface area contributed by atoms with E-state index in [1.165, 1.54) is 0 Å². The highest BCUT2D eigenvalue weighted by molar-refractivity contribution is 6.30. The van der Waals surface area contributed by atoms with Gasteiger partial charge in [0.1, 0.15) is 5.69 Å². The molecule has 1 fully saturated rings. The van der Waals surface area contributed by atoms with Crippen LogP contribution < -0.4 is 5.32 Å². The van der Waals surface area contributed by atoms with E-state index in [1.807, 2.05) is 49.4 Å². The topological polar surface area (TPSA) is 67.2 Å². The number of hydrogen-bond donors (Lipinski definition) is 1. The maximum Gasteiger partial charge on any atom is 0.257 e. The van der Waals surface area contributed by atoms with Crippen LogP contribution in [-0.2, 0) is 4.79 Å². The Morgan fingerprint density at radius 1 is 1.12 bits per heavy atom. The van der Waals surface area contributed by atoms with Crippen LogP contribution in [0.15, 0.2) is 60.8 Å². The van der Waals surface area contributed by atoms with Gasteiger partial charge in [0, 0.05) is 36.4 Å². The SMILES string of the molecule is CCCNC(=O)C1CCCN(C(=O)c2cn(-c3ccccc3)nc2-c2ccc(Cl)cc2)C1. The average molecular weight is 451 g/mol. The van der Waals surface area contributed by atoms with Gasteiger partial charge in [-0.25, -0.2) is 4.68 Å². The van der Waals surface area contributed by atoms with Crippen LogP contribution in [-0.4, -0.2) is 46.1 Å². The summed E-state index contributed by atoms with van der Waals surface area (Å²) < 4.78 is 1.73. The monoisotopic (exact) mass is 450 g/mol. The maximum atomic E-state index is 13.6. The van der Waals surface area contributed by atoms with Crippen molar-refractivity contribution in [3.05, 3.63) is 71.4 Å². The number of para-hydroxylation sites is 1. The van der Waals surface area contributed by atoms with Crippen molar-refractivity contribution in [1.82, 2.24) is 20.0 Å². The molecule has 0 saturated carbocycles. The van der Waals surface area contributed by atoms with Crippen molar-refractivity contribution in [3.63, 3.8) is 0 Å². The first-order valence-electron chi connectivity index (χ1n) is 11.0. The molecular weight excluding hydrogens is 424 g/mol. The largest absolute Gasteiger partial charge is 0.356 e. The number of nitrogens with zero attached hydrogens (tertiary/aromatic N) is 3. The van der Waals surface area contributed by atoms with Crippen LogP contribution in [0.5, 0.6) is 0 Å². The quantitative estimate of drug-likeness (QED) is 0.598. The first-order chi connectivity index (χ1) is 15.6. The molecule has 2 amide bonds. The van der Waals surface area contributed by atoms with Crippen molar-refractivity contribution < 1.29 is 9.59 Å². The van der Waals surface area contributed by atoms with Crippen molar-refractivity contribution in [2.45, 2.75) is 26.2 Å². The lowest BCUT2D eigenvalue weighted by Gasteiger charge is -2.32. The fourth-order valence-corrected chi connectivity index (χ4v) is 4.13. The van der Waals surface area contributed by atoms with E-state index in [-0.39, 0.29) is 17.7 Å². The minimum atomic E-state index is -0.178. The Kier molecular flexibility index (Phi) is 6.90. The highest BCUT2D eigenvalue weighted by Gasteiger charge is 2.31. The molecule has 3 aromatic rings. The van der Waals surface area contributed by atoms with Gasteiger partial charge in [-0.05, 0) is 43.5 Å². The summed E-state index contributed by atoms with van der Waals surface area (Å²) in [4.78, 5) is 27.9. The van der Waals surface area contributed by atoms with E-state index < -0.39 is 0 Å². The Labute approximate surface area is 193 Å². The molecule has 0 aliphatic carbocycles. The van der Waals surface area contributed by atoms with Crippen LogP contribution >= 0.6 is 11.6 Å². The van der Waals surface area contributed by atoms with Gasteiger partial charge in [-0.1, -0.05) is 48.9 Å². The zero-order chi connectivity index (χ0) is 22.5. The van der Waals surface area contributed by atoms with Crippen LogP contribution in [0.4, 0.5) is 0 Å². The van der Waals surface area contributed by atoms with Gasteiger partial charge in [0.25, 0.3) is 5.91 Å². The molecule has 32 heavy (non-hydrogen) atoms. The fraction of sp³-hybridized carbons (Fsp3) is 0.320. The van der Waals surface area contributed by atoms with Crippen molar-refractivity contribution in [2.75, 3.05) is 19.6 Å². The molecule has 4 rings (SSSR count). The Morgan fingerprint density at radius 3 is 2.59 bits per heavy atom. The molecule has 7 heteroatoms. The Hall–Kier alpha value is -3.12. The number of carbonyl (C=O) groups is 2. The van der Waals surface area contributed by atoms with E-state index in [0.717, 1.165) is 30.5 Å². The fourth-order valence-electron chi connectivity index (χ4n) is 4.00. The summed E-state index contributed by atoms with van der Waals surface area (Å²) in [5.41, 5.74) is 2.82. The van der Waals surface area contributed by atoms with Gasteiger partial charge in [-0.2, -0.15) is 5.10 Å². The predicted molar refractivity (Wildman–Crippen MR) is 126 cm³/mol. The first kappa shape index (κ1) is 22.1. The van der Waals surface area contributed by atoms with E-state index in [0.29, 0.717) is 35.9 Å². The zero-order valence-electron chi connectivity index (χ0n) is 18.1. The van der Waals surface area contributed by atoms with Gasteiger partial charge in [0.15, 0.2) is 0 Å². The lowest BCUT2D eigenvalue weighted by molar-refractivity contribution is -0.126. The Morgan fingerprint density at radius 2 is 1.88 bits per heavy atom. The minimum Gasteiger partial charge on any atom is -0.356 e. The number of amides is 2. The molecule has 0 spiro atoms. The average Bonchev–Trinajstić information content (AvgIpc) is 3.28. The normalized spacial score (nSPS) is 16.1. The molecular formula is C25H27ClN4O2. The molecule has 1 N–H and O–H groups in total. The van der Waals surface area contributed by atoms with Crippen LogP contribution in [0.25, 0.3) is 16.9 Å². The third-order valence-electron chi connectivity index (χ3n) is 5.71. The molecule has 1 aliphatic rings. The molecule has 2 heterocycles. The molecule has 0 bridgehead atoms. The van der Waals surface area contributed by atoms with Gasteiger partial charge in [-0.15, -0.1) is 0 Å². The summed E-state index contributed by atoms with van der Waals surface area (Å²) in [6.45, 7) is 3.74. The van der Waals surface area contributed by atoms with E-state index >= 15 is 0 Å². The van der Waals surface area contributed by atoms with Crippen LogP contribution in [0.2, 0.25) is 5.02 Å². The van der Waals surface area contributed by atoms with Crippen molar-refractivity contribution in [3.8, 4) is 16.9 Å². The summed E-state index contributed by atoms with van der Waals surface area (Å²) in [5.74, 6) is -0.255. The molecule has 6 nitrogen and oxygen atoms in total. The molecule has 1 unspecified atom stereocenters. The number of nitrogens with one attached hydrogen (secondary N) is 1. The molecule has 166 valence electrons. The Balaban J connectivity index is 1.65. The molecule has 1 saturated heterocycles. The predicted octanol–water partition coefficient (Wildman–Crippen LogP) is 4.57. The van der Waals surface area contributed by atoms with Gasteiger partial charge >= 0.3 is 0 Å². The second kappa shape index (κ2) is 10.0. The van der Waals surface area contributed by atoms with E-state index in [4.69, 9.17) is 16.7 Å². The summed E-state index contributed by atoms with van der Waals surface area (Å²) in [5, 5.41) is 8.33. The number of benzene rings is 2. The summed E-state index contributed by atoms with van der Waals surface area (Å²) in [7, 11) is 0. The zero-order valence-corrected chi connectivity index (χ0v) is 18.9. The summed E-state index contributed by atoms with van der Waals surface area (Å²) in [6, 6.07) is 17.0. The lowest BCUT2D eigenvalue weighted by atomic mass is 9.96. The molecule has 1 aliphatic heterocycles. The van der Waals surface area contributed by atoms with E-state index in [2.05, 4.69) is 5.32 Å². The van der Waals surface area contributed by atoms with E-state index in [1.54, 1.807) is 27.9 Å². The number of rotatable bonds is 6. The van der Waals surface area contributed by atoms with Gasteiger partial charge in [0.05, 0.1) is 17.2 Å². The second-order valence-corrected chi connectivity index (χ2v) is 8.50. The standard InChI is InChI=1S/C25H27ClN4O2/c1-2-14-27-24(31)19-7-6-15-29(16-19)25(32)22-17-30(21-8-4-3-5-9-21)28-23(22)18-10-12-20(26)13-11-18/h3-5,8-13,17,19H,2,6-7,14-16H2,1H3,(H,27,31). The van der Waals surface area contributed by atoms with Crippen molar-refractivity contribution in [2.24, 2.45) is 5.92 Å². The molecule has 1 aromatic heterocycles. The van der Waals surface area contributed by atoms with Gasteiger partial charge in [0.2, 0.25) is 5.91 Å². The second-order valence-electron chi connectivity index (χ2n) is 8.06. The molecule has 1 atom stereocenters. The van der Waals surface area contributed by atoms with Crippen molar-refractivity contribution in [1.29, 1.82) is 0 Å². The number of likely N-dealkylation sites (tertiary alicyclic amines) is 1. The third-order valence-corrected chi connectivity index (χ3v) is 5.96. The first-order valence-corrected chi connectivity index (χ1v) is 11.4. The third kappa shape index (κ3) is 4.86. The summed E-state index contributed by atoms with van der Waals surface area (Å²) in [6.07, 6.45) is 4.28. The molecule has 2 aromatic carbocycles. The van der Waals surface area contributed by atoms with Crippen LogP contribution in [0, 0.1) is 5.92 Å². The highest BCUT2D eigenvalue weighted by Crippen LogP contribution is 2.28.